The Morgan fingerprint density at radius 2 is 1.05 bits per heavy atom. The molecule has 10 heteroatoms. The fourth-order valence-corrected chi connectivity index (χ4v) is 4.57. The van der Waals surface area contributed by atoms with Gasteiger partial charge in [-0.15, -0.1) is 0 Å². The van der Waals surface area contributed by atoms with Crippen LogP contribution in [-0.4, -0.2) is 49.8 Å². The molecule has 44 heavy (non-hydrogen) atoms. The van der Waals surface area contributed by atoms with Gasteiger partial charge in [-0.25, -0.2) is 0 Å². The van der Waals surface area contributed by atoms with E-state index in [2.05, 4.69) is 0 Å². The molecule has 0 bridgehead atoms. The number of ether oxygens (including phenoxy) is 10. The second kappa shape index (κ2) is 15.1. The van der Waals surface area contributed by atoms with Gasteiger partial charge in [-0.3, -0.25) is 0 Å². The van der Waals surface area contributed by atoms with E-state index >= 15 is 0 Å². The highest BCUT2D eigenvalue weighted by Gasteiger charge is 2.37. The van der Waals surface area contributed by atoms with Crippen LogP contribution in [0.3, 0.4) is 0 Å². The fraction of sp³-hybridized carbons (Fsp3) is 0.294. The number of hydrogen-bond acceptors (Lipinski definition) is 10. The van der Waals surface area contributed by atoms with Crippen molar-refractivity contribution in [2.45, 2.75) is 19.2 Å². The zero-order valence-corrected chi connectivity index (χ0v) is 26.0. The first-order valence-corrected chi connectivity index (χ1v) is 13.7. The van der Waals surface area contributed by atoms with Gasteiger partial charge in [0.05, 0.1) is 41.1 Å². The highest BCUT2D eigenvalue weighted by Crippen LogP contribution is 2.43. The van der Waals surface area contributed by atoms with Crippen LogP contribution in [0.2, 0.25) is 0 Å². The van der Waals surface area contributed by atoms with Crippen LogP contribution >= 0.6 is 0 Å². The van der Waals surface area contributed by atoms with Gasteiger partial charge >= 0.3 is 5.97 Å². The Labute approximate surface area is 257 Å². The van der Waals surface area contributed by atoms with Crippen molar-refractivity contribution in [3.63, 3.8) is 0 Å². The molecule has 0 radical (unpaired) electrons. The summed E-state index contributed by atoms with van der Waals surface area (Å²) in [6.07, 6.45) is 0. The van der Waals surface area contributed by atoms with E-state index in [0.29, 0.717) is 51.6 Å². The monoisotopic (exact) mass is 606 g/mol. The maximum Gasteiger partial charge on any atom is 0.356 e. The Balaban J connectivity index is 1.73. The Kier molecular flexibility index (Phi) is 11.0. The summed E-state index contributed by atoms with van der Waals surface area (Å²) < 4.78 is 58.1. The summed E-state index contributed by atoms with van der Waals surface area (Å²) in [7, 11) is 10.9. The third-order valence-corrected chi connectivity index (χ3v) is 6.77. The Bertz CT molecular complexity index is 1450. The van der Waals surface area contributed by atoms with Crippen molar-refractivity contribution in [2.24, 2.45) is 0 Å². The zero-order valence-electron chi connectivity index (χ0n) is 26.0. The molecule has 0 saturated carbocycles. The molecule has 0 heterocycles. The summed E-state index contributed by atoms with van der Waals surface area (Å²) in [5.41, 5.74) is 2.23. The minimum absolute atomic E-state index is 0.110. The molecule has 0 amide bonds. The summed E-state index contributed by atoms with van der Waals surface area (Å²) >= 11 is 0. The molecule has 234 valence electrons. The Morgan fingerprint density at radius 1 is 0.477 bits per heavy atom. The lowest BCUT2D eigenvalue weighted by molar-refractivity contribution is -0.334. The largest absolute Gasteiger partial charge is 0.497 e. The van der Waals surface area contributed by atoms with Gasteiger partial charge in [0, 0.05) is 20.3 Å². The first kappa shape index (κ1) is 32.1. The highest BCUT2D eigenvalue weighted by molar-refractivity contribution is 5.55. The summed E-state index contributed by atoms with van der Waals surface area (Å²) in [4.78, 5) is 0. The number of rotatable bonds is 16. The first-order valence-electron chi connectivity index (χ1n) is 13.7. The number of methoxy groups -OCH3 is 7. The van der Waals surface area contributed by atoms with Crippen LogP contribution in [0, 0.1) is 0 Å². The van der Waals surface area contributed by atoms with Crippen molar-refractivity contribution in [1.82, 2.24) is 0 Å². The molecule has 0 unspecified atom stereocenters. The van der Waals surface area contributed by atoms with E-state index in [-0.39, 0.29) is 13.2 Å². The van der Waals surface area contributed by atoms with Crippen LogP contribution in [0.1, 0.15) is 16.7 Å². The van der Waals surface area contributed by atoms with Crippen LogP contribution < -0.4 is 37.9 Å². The van der Waals surface area contributed by atoms with Gasteiger partial charge in [0.1, 0.15) is 24.7 Å². The molecule has 0 fully saturated rings. The summed E-state index contributed by atoms with van der Waals surface area (Å²) in [5, 5.41) is 0. The smallest absolute Gasteiger partial charge is 0.356 e. The van der Waals surface area contributed by atoms with E-state index in [1.54, 1.807) is 59.8 Å². The van der Waals surface area contributed by atoms with Crippen LogP contribution in [-0.2, 0) is 28.7 Å². The van der Waals surface area contributed by atoms with E-state index in [4.69, 9.17) is 47.4 Å². The number of para-hydroxylation sites is 1. The van der Waals surface area contributed by atoms with E-state index in [1.807, 2.05) is 54.6 Å². The molecule has 0 saturated heterocycles. The van der Waals surface area contributed by atoms with Crippen molar-refractivity contribution in [3.8, 4) is 46.0 Å². The van der Waals surface area contributed by atoms with Crippen molar-refractivity contribution in [3.05, 3.63) is 95.6 Å². The molecule has 0 aliphatic carbocycles. The third kappa shape index (κ3) is 7.21. The van der Waals surface area contributed by atoms with E-state index in [1.165, 1.54) is 14.2 Å². The Morgan fingerprint density at radius 3 is 1.59 bits per heavy atom. The molecule has 4 aromatic carbocycles. The molecule has 0 spiro atoms. The molecule has 10 nitrogen and oxygen atoms in total. The van der Waals surface area contributed by atoms with E-state index in [0.717, 1.165) is 11.1 Å². The quantitative estimate of drug-likeness (QED) is 0.134. The van der Waals surface area contributed by atoms with Gasteiger partial charge in [-0.2, -0.15) is 0 Å². The van der Waals surface area contributed by atoms with Crippen LogP contribution in [0.5, 0.6) is 46.0 Å². The maximum atomic E-state index is 6.44. The highest BCUT2D eigenvalue weighted by atomic mass is 16.9. The van der Waals surface area contributed by atoms with Gasteiger partial charge in [0.25, 0.3) is 0 Å². The van der Waals surface area contributed by atoms with E-state index < -0.39 is 5.97 Å². The number of hydrogen-bond donors (Lipinski definition) is 0. The summed E-state index contributed by atoms with van der Waals surface area (Å²) in [6, 6.07) is 23.8. The lowest BCUT2D eigenvalue weighted by Crippen LogP contribution is -2.37. The molecule has 0 atom stereocenters. The fourth-order valence-electron chi connectivity index (χ4n) is 4.57. The molecule has 0 aliphatic rings. The number of benzene rings is 4. The van der Waals surface area contributed by atoms with Gasteiger partial charge in [-0.1, -0.05) is 24.3 Å². The molecular weight excluding hydrogens is 568 g/mol. The average Bonchev–Trinajstić information content (AvgIpc) is 3.08. The molecule has 0 aliphatic heterocycles. The van der Waals surface area contributed by atoms with Gasteiger partial charge in [0.15, 0.2) is 23.0 Å². The third-order valence-electron chi connectivity index (χ3n) is 6.77. The normalized spacial score (nSPS) is 11.0. The van der Waals surface area contributed by atoms with Crippen molar-refractivity contribution in [1.29, 1.82) is 0 Å². The van der Waals surface area contributed by atoms with Crippen molar-refractivity contribution in [2.75, 3.05) is 49.8 Å². The minimum atomic E-state index is -1.56. The minimum Gasteiger partial charge on any atom is -0.497 e. The zero-order chi connectivity index (χ0) is 31.5. The van der Waals surface area contributed by atoms with Crippen LogP contribution in [0.25, 0.3) is 0 Å². The SMILES string of the molecule is COc1cc(COc2cccc(OC(OC)(OC)c3ccccc3)c2OCc2cc(OC)c(OC)c(OC)c2)cc(OC)c1. The van der Waals surface area contributed by atoms with Gasteiger partial charge in [0.2, 0.25) is 11.5 Å². The molecular formula is C34H38O10. The second-order valence-electron chi connectivity index (χ2n) is 9.35. The lowest BCUT2D eigenvalue weighted by Gasteiger charge is -2.32. The standard InChI is InChI=1S/C34H38O10/c1-35-26-16-23(17-27(20-26)36-2)21-42-28-14-11-15-29(44-34(40-6,41-7)25-12-9-8-10-13-25)33(28)43-22-24-18-30(37-3)32(39-5)31(19-24)38-4/h8-20H,21-22H2,1-7H3. The second-order valence-corrected chi connectivity index (χ2v) is 9.35. The van der Waals surface area contributed by atoms with Gasteiger partial charge in [-0.05, 0) is 59.7 Å². The predicted molar refractivity (Wildman–Crippen MR) is 164 cm³/mol. The molecule has 0 N–H and O–H groups in total. The average molecular weight is 607 g/mol. The lowest BCUT2D eigenvalue weighted by atomic mass is 10.2. The van der Waals surface area contributed by atoms with Crippen LogP contribution in [0.15, 0.2) is 78.9 Å². The molecule has 4 rings (SSSR count). The van der Waals surface area contributed by atoms with Gasteiger partial charge < -0.3 is 47.4 Å². The summed E-state index contributed by atoms with van der Waals surface area (Å²) in [6.45, 7) is 0.300. The maximum absolute atomic E-state index is 6.44. The Hall–Kier alpha value is -4.80. The van der Waals surface area contributed by atoms with Crippen molar-refractivity contribution >= 4 is 0 Å². The topological polar surface area (TPSA) is 92.3 Å². The van der Waals surface area contributed by atoms with Crippen molar-refractivity contribution < 1.29 is 47.4 Å². The first-order chi connectivity index (χ1) is 21.4. The van der Waals surface area contributed by atoms with E-state index in [9.17, 15) is 0 Å². The summed E-state index contributed by atoms with van der Waals surface area (Å²) in [5.74, 6) is 2.28. The van der Waals surface area contributed by atoms with Crippen LogP contribution in [0.4, 0.5) is 0 Å². The predicted octanol–water partition coefficient (Wildman–Crippen LogP) is 6.37. The molecule has 0 aromatic heterocycles. The molecule has 4 aromatic rings.